The van der Waals surface area contributed by atoms with E-state index in [0.29, 0.717) is 29.8 Å². The lowest BCUT2D eigenvalue weighted by Gasteiger charge is -2.21. The molecule has 3 aromatic rings. The second kappa shape index (κ2) is 10.7. The van der Waals surface area contributed by atoms with E-state index < -0.39 is 6.04 Å². The van der Waals surface area contributed by atoms with Gasteiger partial charge in [-0.05, 0) is 34.9 Å². The molecular formula is C30H29N4O4+. The van der Waals surface area contributed by atoms with Crippen molar-refractivity contribution >= 4 is 29.0 Å². The molecule has 3 aromatic carbocycles. The molecule has 2 aliphatic rings. The molecule has 0 spiro atoms. The minimum absolute atomic E-state index is 0.127. The van der Waals surface area contributed by atoms with Gasteiger partial charge in [0.05, 0.1) is 25.4 Å². The van der Waals surface area contributed by atoms with Crippen molar-refractivity contribution in [2.24, 2.45) is 0 Å². The first kappa shape index (κ1) is 25.0. The van der Waals surface area contributed by atoms with Crippen LogP contribution in [0.25, 0.3) is 5.57 Å². The third kappa shape index (κ3) is 4.93. The summed E-state index contributed by atoms with van der Waals surface area (Å²) >= 11 is 0. The fraction of sp³-hybridized carbons (Fsp3) is 0.200. The Morgan fingerprint density at radius 3 is 2.18 bits per heavy atom. The summed E-state index contributed by atoms with van der Waals surface area (Å²) in [5.41, 5.74) is 2.88. The summed E-state index contributed by atoms with van der Waals surface area (Å²) in [6.07, 6.45) is 0.596. The van der Waals surface area contributed by atoms with Crippen LogP contribution in [0.15, 0.2) is 96.9 Å². The molecule has 0 aliphatic carbocycles. The van der Waals surface area contributed by atoms with E-state index in [1.165, 1.54) is 9.69 Å². The van der Waals surface area contributed by atoms with Crippen molar-refractivity contribution in [1.29, 1.82) is 0 Å². The van der Waals surface area contributed by atoms with Gasteiger partial charge in [0.25, 0.3) is 5.91 Å². The molecule has 192 valence electrons. The van der Waals surface area contributed by atoms with Crippen LogP contribution in [0.5, 0.6) is 0 Å². The first-order valence-corrected chi connectivity index (χ1v) is 12.6. The van der Waals surface area contributed by atoms with Gasteiger partial charge in [-0.15, -0.1) is 5.01 Å². The highest BCUT2D eigenvalue weighted by atomic mass is 16.3. The van der Waals surface area contributed by atoms with E-state index in [1.54, 1.807) is 48.5 Å². The molecule has 3 N–H and O–H groups in total. The number of nitrogens with zero attached hydrogens (tertiary/aromatic N) is 2. The largest absolute Gasteiger partial charge is 0.457 e. The number of benzene rings is 3. The zero-order chi connectivity index (χ0) is 26.6. The van der Waals surface area contributed by atoms with Crippen LogP contribution in [0.2, 0.25) is 0 Å². The fourth-order valence-electron chi connectivity index (χ4n) is 4.86. The Bertz CT molecular complexity index is 1420. The number of amides is 3. The summed E-state index contributed by atoms with van der Waals surface area (Å²) < 4.78 is 1.49. The Morgan fingerprint density at radius 1 is 0.921 bits per heavy atom. The molecule has 0 radical (unpaired) electrons. The number of rotatable bonds is 8. The summed E-state index contributed by atoms with van der Waals surface area (Å²) in [7, 11) is 0. The van der Waals surface area contributed by atoms with Gasteiger partial charge in [-0.3, -0.25) is 14.4 Å². The zero-order valence-electron chi connectivity index (χ0n) is 21.0. The van der Waals surface area contributed by atoms with Crippen molar-refractivity contribution in [1.82, 2.24) is 15.6 Å². The molecule has 8 nitrogen and oxygen atoms in total. The van der Waals surface area contributed by atoms with E-state index in [9.17, 15) is 19.5 Å². The normalized spacial score (nSPS) is 16.3. The van der Waals surface area contributed by atoms with Gasteiger partial charge in [0.2, 0.25) is 5.91 Å². The van der Waals surface area contributed by atoms with E-state index in [2.05, 4.69) is 10.6 Å². The lowest BCUT2D eigenvalue weighted by molar-refractivity contribution is -0.632. The van der Waals surface area contributed by atoms with Gasteiger partial charge in [0, 0.05) is 5.56 Å². The molecule has 0 bridgehead atoms. The van der Waals surface area contributed by atoms with Gasteiger partial charge in [0.15, 0.2) is 11.3 Å². The first-order chi connectivity index (χ1) is 18.4. The lowest BCUT2D eigenvalue weighted by atomic mass is 10.0. The number of hydrazone groups is 1. The number of aliphatic hydroxyl groups excluding tert-OH is 1. The van der Waals surface area contributed by atoms with Crippen LogP contribution in [-0.4, -0.2) is 50.8 Å². The van der Waals surface area contributed by atoms with Gasteiger partial charge in [-0.25, -0.2) is 0 Å². The molecule has 5 rings (SSSR count). The highest BCUT2D eigenvalue weighted by Crippen LogP contribution is 2.31. The molecular weight excluding hydrogens is 480 g/mol. The molecule has 2 aliphatic heterocycles. The minimum Gasteiger partial charge on any atom is -0.457 e. The molecule has 0 aromatic heterocycles. The van der Waals surface area contributed by atoms with Gasteiger partial charge in [-0.1, -0.05) is 78.9 Å². The van der Waals surface area contributed by atoms with E-state index in [-0.39, 0.29) is 41.6 Å². The van der Waals surface area contributed by atoms with E-state index >= 15 is 0 Å². The van der Waals surface area contributed by atoms with Crippen molar-refractivity contribution in [2.45, 2.75) is 31.8 Å². The summed E-state index contributed by atoms with van der Waals surface area (Å²) in [5, 5.41) is 18.4. The number of hydrogen-bond donors (Lipinski definition) is 3. The third-order valence-corrected chi connectivity index (χ3v) is 6.84. The van der Waals surface area contributed by atoms with Crippen LogP contribution < -0.4 is 10.6 Å². The maximum Gasteiger partial charge on any atom is 0.408 e. The Hall–Kier alpha value is -4.72. The second-order valence-corrected chi connectivity index (χ2v) is 9.36. The number of nitrogens with one attached hydrogen (secondary N) is 2. The Morgan fingerprint density at radius 2 is 1.53 bits per heavy atom. The second-order valence-electron chi connectivity index (χ2n) is 9.36. The van der Waals surface area contributed by atoms with Crippen LogP contribution in [0.1, 0.15) is 47.3 Å². The fourth-order valence-corrected chi connectivity index (χ4v) is 4.86. The van der Waals surface area contributed by atoms with Crippen molar-refractivity contribution in [3.63, 3.8) is 0 Å². The van der Waals surface area contributed by atoms with Crippen molar-refractivity contribution < 1.29 is 24.2 Å². The lowest BCUT2D eigenvalue weighted by Crippen LogP contribution is -2.48. The topological polar surface area (TPSA) is 102 Å². The average Bonchev–Trinajstić information content (AvgIpc) is 3.48. The number of hydrazine groups is 1. The van der Waals surface area contributed by atoms with Crippen molar-refractivity contribution in [3.05, 3.63) is 114 Å². The van der Waals surface area contributed by atoms with Crippen LogP contribution >= 0.6 is 0 Å². The summed E-state index contributed by atoms with van der Waals surface area (Å²) in [6.45, 7) is 2.25. The molecule has 0 saturated heterocycles. The standard InChI is InChI=1S/C30H28N4O4/c1-20(21-11-5-2-6-12-21)31-28(36)25(32-27(35)23-15-9-4-10-16-23)19-24-17-18-33-29(37)26(30(38)34(24)33)22-13-7-3-8-14-22/h2-16,20,25H,17-19H2,1H3,(H2-,31,32,35,36,37,38)/p+1/t20-,25-/m0/s1. The Labute approximate surface area is 220 Å². The number of aliphatic hydroxyl groups is 1. The van der Waals surface area contributed by atoms with Gasteiger partial charge in [-0.2, -0.15) is 0 Å². The molecule has 0 saturated carbocycles. The zero-order valence-corrected chi connectivity index (χ0v) is 21.0. The molecule has 2 heterocycles. The quantitative estimate of drug-likeness (QED) is 0.404. The minimum atomic E-state index is -0.924. The maximum absolute atomic E-state index is 13.5. The Kier molecular flexibility index (Phi) is 7.04. The molecule has 3 amide bonds. The Balaban J connectivity index is 1.44. The molecule has 0 fully saturated rings. The van der Waals surface area contributed by atoms with Gasteiger partial charge < -0.3 is 15.7 Å². The number of hydrogen-bond acceptors (Lipinski definition) is 4. The summed E-state index contributed by atoms with van der Waals surface area (Å²) in [4.78, 5) is 39.7. The molecule has 38 heavy (non-hydrogen) atoms. The smallest absolute Gasteiger partial charge is 0.408 e. The SMILES string of the molecule is C[C@H](NC(=O)[C@H](CC1=[N+]2C(O)=C(c3ccccc3)C(=O)N2CC1)NC(=O)c1ccccc1)c1ccccc1. The highest BCUT2D eigenvalue weighted by Gasteiger charge is 2.50. The predicted molar refractivity (Wildman–Crippen MR) is 143 cm³/mol. The maximum atomic E-state index is 13.5. The molecule has 8 heteroatoms. The number of fused-ring (bicyclic) bond motifs is 1. The van der Waals surface area contributed by atoms with E-state index in [1.807, 2.05) is 49.4 Å². The number of carbonyl (C=O) groups excluding carboxylic acids is 3. The molecule has 0 unspecified atom stereocenters. The summed E-state index contributed by atoms with van der Waals surface area (Å²) in [5.74, 6) is -1.19. The molecule has 2 atom stereocenters. The predicted octanol–water partition coefficient (Wildman–Crippen LogP) is 3.59. The van der Waals surface area contributed by atoms with E-state index in [4.69, 9.17) is 0 Å². The highest BCUT2D eigenvalue weighted by molar-refractivity contribution is 6.21. The van der Waals surface area contributed by atoms with Crippen LogP contribution in [0, 0.1) is 0 Å². The monoisotopic (exact) mass is 509 g/mol. The average molecular weight is 510 g/mol. The van der Waals surface area contributed by atoms with Gasteiger partial charge in [0.1, 0.15) is 6.04 Å². The summed E-state index contributed by atoms with van der Waals surface area (Å²) in [6, 6.07) is 26.1. The first-order valence-electron chi connectivity index (χ1n) is 12.6. The van der Waals surface area contributed by atoms with Crippen LogP contribution in [0.3, 0.4) is 0 Å². The van der Waals surface area contributed by atoms with Gasteiger partial charge >= 0.3 is 11.8 Å². The number of carbonyl (C=O) groups is 3. The van der Waals surface area contributed by atoms with E-state index in [0.717, 1.165) is 5.56 Å². The third-order valence-electron chi connectivity index (χ3n) is 6.84. The van der Waals surface area contributed by atoms with Crippen LogP contribution in [-0.2, 0) is 9.59 Å². The van der Waals surface area contributed by atoms with Crippen LogP contribution in [0.4, 0.5) is 0 Å². The van der Waals surface area contributed by atoms with Crippen molar-refractivity contribution in [2.75, 3.05) is 6.54 Å². The van der Waals surface area contributed by atoms with Crippen molar-refractivity contribution in [3.8, 4) is 0 Å².